The zero-order valence-electron chi connectivity index (χ0n) is 15.0. The molecule has 0 amide bonds. The van der Waals surface area contributed by atoms with Crippen molar-refractivity contribution in [3.05, 3.63) is 47.7 Å². The van der Waals surface area contributed by atoms with Gasteiger partial charge in [0.25, 0.3) is 0 Å². The summed E-state index contributed by atoms with van der Waals surface area (Å²) in [6, 6.07) is 6.25. The molecule has 1 aromatic carbocycles. The molecule has 2 aromatic heterocycles. The zero-order chi connectivity index (χ0) is 19.2. The number of fused-ring (bicyclic) bond motifs is 1. The number of nitrogens with zero attached hydrogens (tertiary/aromatic N) is 4. The van der Waals surface area contributed by atoms with E-state index >= 15 is 0 Å². The van der Waals surface area contributed by atoms with Gasteiger partial charge in [-0.2, -0.15) is 9.29 Å². The van der Waals surface area contributed by atoms with Crippen molar-refractivity contribution in [2.75, 3.05) is 6.54 Å². The molecule has 2 atom stereocenters. The summed E-state index contributed by atoms with van der Waals surface area (Å²) in [5, 5.41) is 14.7. The number of benzene rings is 1. The van der Waals surface area contributed by atoms with Crippen molar-refractivity contribution in [2.45, 2.75) is 43.7 Å². The summed E-state index contributed by atoms with van der Waals surface area (Å²) >= 11 is 0. The fraction of sp³-hybridized carbons (Fsp3) is 0.389. The number of pyridine rings is 1. The summed E-state index contributed by atoms with van der Waals surface area (Å²) in [4.78, 5) is 8.70. The lowest BCUT2D eigenvalue weighted by Gasteiger charge is -2.21. The Kier molecular flexibility index (Phi) is 4.45. The predicted octanol–water partition coefficient (Wildman–Crippen LogP) is 1.99. The Hall–Kier alpha value is -2.36. The van der Waals surface area contributed by atoms with Crippen LogP contribution in [0.3, 0.4) is 0 Å². The third-order valence-corrected chi connectivity index (χ3v) is 6.62. The zero-order valence-corrected chi connectivity index (χ0v) is 15.8. The molecule has 1 N–H and O–H groups in total. The van der Waals surface area contributed by atoms with Gasteiger partial charge in [-0.05, 0) is 24.6 Å². The van der Waals surface area contributed by atoms with Crippen LogP contribution in [0.2, 0.25) is 0 Å². The number of hydrogen-bond donors (Lipinski definition) is 1. The summed E-state index contributed by atoms with van der Waals surface area (Å²) in [5.74, 6) is 0.710. The van der Waals surface area contributed by atoms with Crippen LogP contribution >= 0.6 is 0 Å². The SMILES string of the molecule is CCc1noc([C@H]2C[C@H](O)CN2S(=O)(=O)c2cccc3cc(C)cnc23)n1. The van der Waals surface area contributed by atoms with Gasteiger partial charge >= 0.3 is 0 Å². The van der Waals surface area contributed by atoms with Crippen molar-refractivity contribution < 1.29 is 18.0 Å². The first-order chi connectivity index (χ1) is 12.9. The Morgan fingerprint density at radius 2 is 2.19 bits per heavy atom. The third-order valence-electron chi connectivity index (χ3n) is 4.72. The van der Waals surface area contributed by atoms with E-state index in [0.29, 0.717) is 17.8 Å². The Bertz CT molecular complexity index is 1100. The average Bonchev–Trinajstić information content (AvgIpc) is 3.27. The average molecular weight is 388 g/mol. The van der Waals surface area contributed by atoms with Crippen LogP contribution in [0.15, 0.2) is 39.9 Å². The molecule has 0 unspecified atom stereocenters. The van der Waals surface area contributed by atoms with Crippen LogP contribution in [0.1, 0.15) is 36.7 Å². The fourth-order valence-electron chi connectivity index (χ4n) is 3.40. The lowest BCUT2D eigenvalue weighted by molar-refractivity contribution is 0.188. The molecular weight excluding hydrogens is 368 g/mol. The minimum Gasteiger partial charge on any atom is -0.392 e. The van der Waals surface area contributed by atoms with Crippen LogP contribution in [0.5, 0.6) is 0 Å². The lowest BCUT2D eigenvalue weighted by atomic mass is 10.2. The number of aryl methyl sites for hydroxylation is 2. The molecular formula is C18H20N4O4S. The summed E-state index contributed by atoms with van der Waals surface area (Å²) in [6.07, 6.45) is 1.63. The maximum Gasteiger partial charge on any atom is 0.246 e. The van der Waals surface area contributed by atoms with Gasteiger partial charge in [0.1, 0.15) is 10.9 Å². The van der Waals surface area contributed by atoms with Gasteiger partial charge in [-0.1, -0.05) is 24.2 Å². The molecule has 4 rings (SSSR count). The van der Waals surface area contributed by atoms with Crippen molar-refractivity contribution in [3.8, 4) is 0 Å². The standard InChI is InChI=1S/C18H20N4O4S/c1-3-16-20-18(26-21-16)14-8-13(23)10-22(14)27(24,25)15-6-4-5-12-7-11(2)9-19-17(12)15/h4-7,9,13-14,23H,3,8,10H2,1-2H3/t13-,14+/m0/s1. The Morgan fingerprint density at radius 1 is 1.37 bits per heavy atom. The van der Waals surface area contributed by atoms with Crippen LogP contribution in [0.25, 0.3) is 10.9 Å². The second-order valence-electron chi connectivity index (χ2n) is 6.72. The van der Waals surface area contributed by atoms with Gasteiger partial charge in [0.05, 0.1) is 11.6 Å². The van der Waals surface area contributed by atoms with E-state index in [0.717, 1.165) is 10.9 Å². The number of para-hydroxylation sites is 1. The molecule has 0 saturated carbocycles. The van der Waals surface area contributed by atoms with Crippen molar-refractivity contribution >= 4 is 20.9 Å². The van der Waals surface area contributed by atoms with Crippen LogP contribution in [0.4, 0.5) is 0 Å². The molecule has 3 aromatic rings. The van der Waals surface area contributed by atoms with Crippen molar-refractivity contribution in [1.82, 2.24) is 19.4 Å². The highest BCUT2D eigenvalue weighted by Crippen LogP contribution is 2.37. The highest BCUT2D eigenvalue weighted by atomic mass is 32.2. The number of hydrogen-bond acceptors (Lipinski definition) is 7. The van der Waals surface area contributed by atoms with Gasteiger partial charge in [-0.25, -0.2) is 8.42 Å². The van der Waals surface area contributed by atoms with Gasteiger partial charge in [0, 0.05) is 31.0 Å². The number of β-amino-alcohol motifs (C(OH)–C–C–N with tert-alkyl or cyclic N) is 1. The smallest absolute Gasteiger partial charge is 0.246 e. The molecule has 27 heavy (non-hydrogen) atoms. The van der Waals surface area contributed by atoms with E-state index in [2.05, 4.69) is 15.1 Å². The normalized spacial score (nSPS) is 21.1. The Morgan fingerprint density at radius 3 is 2.93 bits per heavy atom. The summed E-state index contributed by atoms with van der Waals surface area (Å²) in [6.45, 7) is 3.76. The second kappa shape index (κ2) is 6.66. The molecule has 1 aliphatic rings. The first-order valence-electron chi connectivity index (χ1n) is 8.78. The van der Waals surface area contributed by atoms with E-state index in [1.165, 1.54) is 10.4 Å². The number of rotatable bonds is 4. The molecule has 0 radical (unpaired) electrons. The van der Waals surface area contributed by atoms with Gasteiger partial charge < -0.3 is 9.63 Å². The molecule has 0 bridgehead atoms. The maximum atomic E-state index is 13.4. The van der Waals surface area contributed by atoms with Crippen LogP contribution in [-0.4, -0.2) is 45.6 Å². The summed E-state index contributed by atoms with van der Waals surface area (Å²) in [7, 11) is -3.92. The Labute approximate surface area is 156 Å². The van der Waals surface area contributed by atoms with Crippen molar-refractivity contribution in [2.24, 2.45) is 0 Å². The van der Waals surface area contributed by atoms with E-state index < -0.39 is 22.2 Å². The van der Waals surface area contributed by atoms with Crippen LogP contribution < -0.4 is 0 Å². The fourth-order valence-corrected chi connectivity index (χ4v) is 5.20. The quantitative estimate of drug-likeness (QED) is 0.728. The molecule has 8 nitrogen and oxygen atoms in total. The minimum absolute atomic E-state index is 0.0287. The van der Waals surface area contributed by atoms with E-state index in [9.17, 15) is 13.5 Å². The van der Waals surface area contributed by atoms with Gasteiger partial charge in [-0.15, -0.1) is 0 Å². The van der Waals surface area contributed by atoms with Gasteiger partial charge in [0.2, 0.25) is 15.9 Å². The summed E-state index contributed by atoms with van der Waals surface area (Å²) in [5.41, 5.74) is 1.35. The van der Waals surface area contributed by atoms with Gasteiger partial charge in [0.15, 0.2) is 5.82 Å². The molecule has 1 fully saturated rings. The van der Waals surface area contributed by atoms with E-state index in [4.69, 9.17) is 4.52 Å². The maximum absolute atomic E-state index is 13.4. The molecule has 0 aliphatic carbocycles. The third kappa shape index (κ3) is 3.11. The van der Waals surface area contributed by atoms with E-state index in [1.807, 2.05) is 26.0 Å². The monoisotopic (exact) mass is 388 g/mol. The molecule has 142 valence electrons. The topological polar surface area (TPSA) is 109 Å². The highest BCUT2D eigenvalue weighted by Gasteiger charge is 2.44. The first kappa shape index (κ1) is 18.0. The highest BCUT2D eigenvalue weighted by molar-refractivity contribution is 7.89. The van der Waals surface area contributed by atoms with Crippen molar-refractivity contribution in [1.29, 1.82) is 0 Å². The number of aliphatic hydroxyl groups excluding tert-OH is 1. The molecule has 1 saturated heterocycles. The minimum atomic E-state index is -3.92. The number of sulfonamides is 1. The summed E-state index contributed by atoms with van der Waals surface area (Å²) < 4.78 is 33.3. The first-order valence-corrected chi connectivity index (χ1v) is 10.2. The van der Waals surface area contributed by atoms with E-state index in [1.54, 1.807) is 12.3 Å². The number of aliphatic hydroxyl groups is 1. The molecule has 9 heteroatoms. The number of aromatic nitrogens is 3. The van der Waals surface area contributed by atoms with E-state index in [-0.39, 0.29) is 23.8 Å². The van der Waals surface area contributed by atoms with Gasteiger partial charge in [-0.3, -0.25) is 4.98 Å². The lowest BCUT2D eigenvalue weighted by Crippen LogP contribution is -2.32. The molecule has 0 spiro atoms. The predicted molar refractivity (Wildman–Crippen MR) is 97.4 cm³/mol. The second-order valence-corrected chi connectivity index (χ2v) is 8.58. The largest absolute Gasteiger partial charge is 0.392 e. The molecule has 1 aliphatic heterocycles. The van der Waals surface area contributed by atoms with Crippen molar-refractivity contribution in [3.63, 3.8) is 0 Å². The van der Waals surface area contributed by atoms with Crippen LogP contribution in [0, 0.1) is 6.92 Å². The molecule has 3 heterocycles. The van der Waals surface area contributed by atoms with Crippen LogP contribution in [-0.2, 0) is 16.4 Å². The Balaban J connectivity index is 1.80.